The van der Waals surface area contributed by atoms with Crippen LogP contribution in [0.2, 0.25) is 5.02 Å². The van der Waals surface area contributed by atoms with Crippen molar-refractivity contribution < 1.29 is 14.5 Å². The lowest BCUT2D eigenvalue weighted by atomic mass is 10.1. The Bertz CT molecular complexity index is 1160. The van der Waals surface area contributed by atoms with Gasteiger partial charge in [-0.1, -0.05) is 11.6 Å². The first kappa shape index (κ1) is 22.0. The normalized spacial score (nSPS) is 10.5. The van der Waals surface area contributed by atoms with Crippen LogP contribution in [0.1, 0.15) is 17.3 Å². The number of halogens is 1. The van der Waals surface area contributed by atoms with Crippen molar-refractivity contribution in [2.75, 3.05) is 13.2 Å². The van der Waals surface area contributed by atoms with E-state index in [-0.39, 0.29) is 34.9 Å². The van der Waals surface area contributed by atoms with Crippen LogP contribution < -0.4 is 15.6 Å². The lowest BCUT2D eigenvalue weighted by Crippen LogP contribution is -2.32. The average Bonchev–Trinajstić information content (AvgIpc) is 2.76. The van der Waals surface area contributed by atoms with Crippen LogP contribution in [-0.2, 0) is 6.54 Å². The number of carbonyl (C=O) groups excluding carboxylic acids is 1. The molecule has 1 amide bonds. The Kier molecular flexibility index (Phi) is 6.99. The molecule has 10 heteroatoms. The Morgan fingerprint density at radius 2 is 1.94 bits per heavy atom. The second kappa shape index (κ2) is 9.86. The minimum Gasteiger partial charge on any atom is -0.494 e. The first-order valence-corrected chi connectivity index (χ1v) is 9.80. The van der Waals surface area contributed by atoms with Gasteiger partial charge < -0.3 is 10.1 Å². The molecule has 1 N–H and O–H groups in total. The molecule has 0 fully saturated rings. The molecule has 0 spiro atoms. The molecule has 0 aliphatic rings. The maximum atomic E-state index is 12.4. The number of nitro groups is 1. The quantitative estimate of drug-likeness (QED) is 0.422. The Morgan fingerprint density at radius 1 is 1.19 bits per heavy atom. The van der Waals surface area contributed by atoms with Crippen molar-refractivity contribution >= 4 is 23.2 Å². The van der Waals surface area contributed by atoms with Gasteiger partial charge in [0.2, 0.25) is 0 Å². The van der Waals surface area contributed by atoms with Gasteiger partial charge in [-0.3, -0.25) is 19.7 Å². The van der Waals surface area contributed by atoms with E-state index < -0.39 is 10.8 Å². The fourth-order valence-corrected chi connectivity index (χ4v) is 3.03. The minimum atomic E-state index is -0.608. The molecular formula is C21H19ClN4O5. The zero-order chi connectivity index (χ0) is 22.4. The largest absolute Gasteiger partial charge is 0.494 e. The van der Waals surface area contributed by atoms with Gasteiger partial charge in [0.05, 0.1) is 34.4 Å². The molecule has 2 aromatic carbocycles. The van der Waals surface area contributed by atoms with Gasteiger partial charge in [0.15, 0.2) is 0 Å². The fourth-order valence-electron chi connectivity index (χ4n) is 2.82. The van der Waals surface area contributed by atoms with Gasteiger partial charge in [-0.05, 0) is 43.3 Å². The van der Waals surface area contributed by atoms with Crippen LogP contribution in [0.3, 0.4) is 0 Å². The zero-order valence-corrected chi connectivity index (χ0v) is 17.3. The maximum absolute atomic E-state index is 12.4. The van der Waals surface area contributed by atoms with Crippen LogP contribution >= 0.6 is 11.6 Å². The molecule has 0 bridgehead atoms. The molecule has 0 atom stereocenters. The number of ether oxygens (including phenoxy) is 1. The predicted molar refractivity (Wildman–Crippen MR) is 116 cm³/mol. The van der Waals surface area contributed by atoms with Crippen LogP contribution in [0.15, 0.2) is 59.4 Å². The number of amides is 1. The van der Waals surface area contributed by atoms with Crippen molar-refractivity contribution in [3.05, 3.63) is 85.7 Å². The summed E-state index contributed by atoms with van der Waals surface area (Å²) < 4.78 is 6.66. The van der Waals surface area contributed by atoms with Crippen LogP contribution in [0.5, 0.6) is 5.75 Å². The minimum absolute atomic E-state index is 0.0145. The van der Waals surface area contributed by atoms with E-state index in [1.165, 1.54) is 22.9 Å². The lowest BCUT2D eigenvalue weighted by molar-refractivity contribution is -0.384. The van der Waals surface area contributed by atoms with Crippen molar-refractivity contribution in [1.29, 1.82) is 0 Å². The van der Waals surface area contributed by atoms with E-state index in [9.17, 15) is 19.7 Å². The lowest BCUT2D eigenvalue weighted by Gasteiger charge is -2.10. The van der Waals surface area contributed by atoms with Crippen molar-refractivity contribution in [3.63, 3.8) is 0 Å². The third-order valence-corrected chi connectivity index (χ3v) is 4.67. The summed E-state index contributed by atoms with van der Waals surface area (Å²) in [6.07, 6.45) is 0. The number of rotatable bonds is 8. The summed E-state index contributed by atoms with van der Waals surface area (Å²) in [5.74, 6) is 0.159. The van der Waals surface area contributed by atoms with Gasteiger partial charge in [-0.25, -0.2) is 4.68 Å². The Hall–Kier alpha value is -3.72. The van der Waals surface area contributed by atoms with Crippen LogP contribution in [0, 0.1) is 10.1 Å². The van der Waals surface area contributed by atoms with E-state index in [1.54, 1.807) is 6.07 Å². The zero-order valence-electron chi connectivity index (χ0n) is 16.6. The van der Waals surface area contributed by atoms with E-state index in [4.69, 9.17) is 16.3 Å². The van der Waals surface area contributed by atoms with Crippen LogP contribution in [-0.4, -0.2) is 33.8 Å². The van der Waals surface area contributed by atoms with Crippen molar-refractivity contribution in [1.82, 2.24) is 15.1 Å². The number of aromatic nitrogens is 2. The standard InChI is InChI=1S/C21H19ClN4O5/c1-2-31-16-6-3-14(4-7-16)19-9-10-20(27)25(24-19)12-11-23-21(28)17-13-15(26(29)30)5-8-18(17)22/h3-10,13H,2,11-12H2,1H3,(H,23,28). The number of carbonyl (C=O) groups is 1. The number of hydrogen-bond donors (Lipinski definition) is 1. The molecular weight excluding hydrogens is 424 g/mol. The number of nitrogens with one attached hydrogen (secondary N) is 1. The summed E-state index contributed by atoms with van der Waals surface area (Å²) in [6, 6.07) is 14.0. The molecule has 0 saturated heterocycles. The van der Waals surface area contributed by atoms with E-state index in [2.05, 4.69) is 10.4 Å². The molecule has 3 rings (SSSR count). The van der Waals surface area contributed by atoms with Gasteiger partial charge in [0.25, 0.3) is 17.2 Å². The first-order chi connectivity index (χ1) is 14.9. The van der Waals surface area contributed by atoms with E-state index in [0.29, 0.717) is 12.3 Å². The molecule has 0 aliphatic carbocycles. The number of hydrogen-bond acceptors (Lipinski definition) is 6. The third kappa shape index (κ3) is 5.46. The highest BCUT2D eigenvalue weighted by molar-refractivity contribution is 6.33. The number of non-ortho nitro benzene ring substituents is 1. The van der Waals surface area contributed by atoms with Crippen molar-refractivity contribution in [2.45, 2.75) is 13.5 Å². The molecule has 9 nitrogen and oxygen atoms in total. The highest BCUT2D eigenvalue weighted by Gasteiger charge is 2.15. The third-order valence-electron chi connectivity index (χ3n) is 4.34. The Balaban J connectivity index is 1.69. The second-order valence-electron chi connectivity index (χ2n) is 6.41. The summed E-state index contributed by atoms with van der Waals surface area (Å²) in [7, 11) is 0. The first-order valence-electron chi connectivity index (χ1n) is 9.42. The second-order valence-corrected chi connectivity index (χ2v) is 6.82. The van der Waals surface area contributed by atoms with E-state index >= 15 is 0 Å². The van der Waals surface area contributed by atoms with Gasteiger partial charge in [-0.2, -0.15) is 5.10 Å². The van der Waals surface area contributed by atoms with Crippen molar-refractivity contribution in [3.8, 4) is 17.0 Å². The molecule has 160 valence electrons. The number of nitro benzene ring substituents is 1. The van der Waals surface area contributed by atoms with Gasteiger partial charge in [0.1, 0.15) is 5.75 Å². The summed E-state index contributed by atoms with van der Waals surface area (Å²) in [5, 5.41) is 17.9. The van der Waals surface area contributed by atoms with Gasteiger partial charge in [0, 0.05) is 30.3 Å². The average molecular weight is 443 g/mol. The van der Waals surface area contributed by atoms with Gasteiger partial charge >= 0.3 is 0 Å². The van der Waals surface area contributed by atoms with Crippen LogP contribution in [0.25, 0.3) is 11.3 Å². The maximum Gasteiger partial charge on any atom is 0.270 e. The molecule has 0 saturated carbocycles. The summed E-state index contributed by atoms with van der Waals surface area (Å²) in [6.45, 7) is 2.66. The van der Waals surface area contributed by atoms with Crippen LogP contribution in [0.4, 0.5) is 5.69 Å². The molecule has 0 aliphatic heterocycles. The topological polar surface area (TPSA) is 116 Å². The van der Waals surface area contributed by atoms with Gasteiger partial charge in [-0.15, -0.1) is 0 Å². The highest BCUT2D eigenvalue weighted by atomic mass is 35.5. The fraction of sp³-hybridized carbons (Fsp3) is 0.190. The summed E-state index contributed by atoms with van der Waals surface area (Å²) in [4.78, 5) is 34.8. The molecule has 1 aromatic heterocycles. The summed E-state index contributed by atoms with van der Waals surface area (Å²) in [5.41, 5.74) is 0.826. The smallest absolute Gasteiger partial charge is 0.270 e. The Morgan fingerprint density at radius 3 is 2.61 bits per heavy atom. The number of nitrogens with zero attached hydrogens (tertiary/aromatic N) is 3. The Labute approximate surface area is 182 Å². The molecule has 3 aromatic rings. The molecule has 0 radical (unpaired) electrons. The SMILES string of the molecule is CCOc1ccc(-c2ccc(=O)n(CCNC(=O)c3cc([N+](=O)[O-])ccc3Cl)n2)cc1. The predicted octanol–water partition coefficient (Wildman–Crippen LogP) is 3.30. The molecule has 31 heavy (non-hydrogen) atoms. The molecule has 1 heterocycles. The van der Waals surface area contributed by atoms with E-state index in [1.807, 2.05) is 31.2 Å². The highest BCUT2D eigenvalue weighted by Crippen LogP contribution is 2.22. The number of benzene rings is 2. The summed E-state index contributed by atoms with van der Waals surface area (Å²) >= 11 is 5.98. The molecule has 0 unspecified atom stereocenters. The van der Waals surface area contributed by atoms with E-state index in [0.717, 1.165) is 17.4 Å². The monoisotopic (exact) mass is 442 g/mol. The van der Waals surface area contributed by atoms with Crippen molar-refractivity contribution in [2.24, 2.45) is 0 Å².